The molecule has 2 nitrogen and oxygen atoms in total. The van der Waals surface area contributed by atoms with E-state index in [4.69, 9.17) is 4.74 Å². The van der Waals surface area contributed by atoms with Gasteiger partial charge in [-0.25, -0.2) is 4.39 Å². The van der Waals surface area contributed by atoms with Crippen molar-refractivity contribution in [3.8, 4) is 5.75 Å². The molecule has 0 heterocycles. The summed E-state index contributed by atoms with van der Waals surface area (Å²) in [5, 5.41) is 3.60. The number of nitrogens with one attached hydrogen (secondary N) is 1. The molecule has 1 fully saturated rings. The van der Waals surface area contributed by atoms with Crippen molar-refractivity contribution >= 4 is 0 Å². The van der Waals surface area contributed by atoms with Crippen molar-refractivity contribution in [2.45, 2.75) is 65.0 Å². The topological polar surface area (TPSA) is 21.3 Å². The van der Waals surface area contributed by atoms with Gasteiger partial charge in [-0.2, -0.15) is 0 Å². The summed E-state index contributed by atoms with van der Waals surface area (Å²) in [6.07, 6.45) is 5.95. The minimum atomic E-state index is -0.225. The number of rotatable bonds is 6. The fourth-order valence-corrected chi connectivity index (χ4v) is 3.14. The van der Waals surface area contributed by atoms with Gasteiger partial charge in [0.2, 0.25) is 0 Å². The molecule has 3 unspecified atom stereocenters. The Labute approximate surface area is 128 Å². The van der Waals surface area contributed by atoms with Crippen LogP contribution in [-0.2, 0) is 0 Å². The second-order valence-corrected chi connectivity index (χ2v) is 6.21. The molecule has 2 rings (SSSR count). The largest absolute Gasteiger partial charge is 0.488 e. The van der Waals surface area contributed by atoms with Crippen LogP contribution in [0.4, 0.5) is 4.39 Å². The zero-order chi connectivity index (χ0) is 15.2. The van der Waals surface area contributed by atoms with E-state index in [-0.39, 0.29) is 11.9 Å². The first-order valence-corrected chi connectivity index (χ1v) is 8.30. The Kier molecular flexibility index (Phi) is 6.04. The summed E-state index contributed by atoms with van der Waals surface area (Å²) in [6.45, 7) is 7.42. The van der Waals surface area contributed by atoms with Crippen molar-refractivity contribution in [1.82, 2.24) is 5.32 Å². The summed E-state index contributed by atoms with van der Waals surface area (Å²) in [5.74, 6) is 1.19. The zero-order valence-electron chi connectivity index (χ0n) is 13.5. The van der Waals surface area contributed by atoms with Crippen LogP contribution < -0.4 is 10.1 Å². The van der Waals surface area contributed by atoms with Crippen LogP contribution in [-0.4, -0.2) is 18.7 Å². The Balaban J connectivity index is 2.09. The van der Waals surface area contributed by atoms with Crippen LogP contribution in [0.25, 0.3) is 0 Å². The van der Waals surface area contributed by atoms with Gasteiger partial charge in [0.1, 0.15) is 17.7 Å². The third kappa shape index (κ3) is 4.44. The average molecular weight is 293 g/mol. The van der Waals surface area contributed by atoms with Crippen molar-refractivity contribution in [3.05, 3.63) is 29.6 Å². The van der Waals surface area contributed by atoms with Crippen LogP contribution >= 0.6 is 0 Å². The Hall–Kier alpha value is -1.09. The monoisotopic (exact) mass is 293 g/mol. The molecule has 0 saturated heterocycles. The van der Waals surface area contributed by atoms with Gasteiger partial charge < -0.3 is 10.1 Å². The van der Waals surface area contributed by atoms with Gasteiger partial charge in [0, 0.05) is 12.1 Å². The van der Waals surface area contributed by atoms with Crippen LogP contribution in [0.5, 0.6) is 5.75 Å². The SMILES string of the molecule is CCCNC1CCC(CC)CC1Oc1cc(F)ccc1C. The van der Waals surface area contributed by atoms with Crippen LogP contribution in [0.15, 0.2) is 18.2 Å². The molecule has 0 spiro atoms. The van der Waals surface area contributed by atoms with Gasteiger partial charge in [0.05, 0.1) is 0 Å². The molecule has 3 atom stereocenters. The summed E-state index contributed by atoms with van der Waals surface area (Å²) in [5.41, 5.74) is 1.00. The molecule has 1 saturated carbocycles. The van der Waals surface area contributed by atoms with Crippen LogP contribution in [0.1, 0.15) is 51.5 Å². The lowest BCUT2D eigenvalue weighted by Crippen LogP contribution is -2.47. The lowest BCUT2D eigenvalue weighted by Gasteiger charge is -2.37. The Bertz CT molecular complexity index is 449. The Morgan fingerprint density at radius 3 is 2.81 bits per heavy atom. The van der Waals surface area contributed by atoms with E-state index in [2.05, 4.69) is 19.2 Å². The van der Waals surface area contributed by atoms with E-state index in [9.17, 15) is 4.39 Å². The fourth-order valence-electron chi connectivity index (χ4n) is 3.14. The number of hydrogen-bond donors (Lipinski definition) is 1. The van der Waals surface area contributed by atoms with E-state index in [0.29, 0.717) is 11.8 Å². The van der Waals surface area contributed by atoms with E-state index in [1.54, 1.807) is 6.07 Å². The van der Waals surface area contributed by atoms with Crippen molar-refractivity contribution in [3.63, 3.8) is 0 Å². The zero-order valence-corrected chi connectivity index (χ0v) is 13.5. The Morgan fingerprint density at radius 2 is 2.10 bits per heavy atom. The molecule has 1 aliphatic rings. The molecule has 0 aliphatic heterocycles. The summed E-state index contributed by atoms with van der Waals surface area (Å²) in [4.78, 5) is 0. The predicted octanol–water partition coefficient (Wildman–Crippen LogP) is 4.46. The fraction of sp³-hybridized carbons (Fsp3) is 0.667. The quantitative estimate of drug-likeness (QED) is 0.836. The van der Waals surface area contributed by atoms with Gasteiger partial charge in [-0.15, -0.1) is 0 Å². The van der Waals surface area contributed by atoms with Gasteiger partial charge in [-0.1, -0.05) is 26.3 Å². The highest BCUT2D eigenvalue weighted by molar-refractivity contribution is 5.33. The van der Waals surface area contributed by atoms with Gasteiger partial charge in [-0.3, -0.25) is 0 Å². The van der Waals surface area contributed by atoms with Gasteiger partial charge in [0.15, 0.2) is 0 Å². The molecule has 1 aliphatic carbocycles. The van der Waals surface area contributed by atoms with Gasteiger partial charge >= 0.3 is 0 Å². The van der Waals surface area contributed by atoms with Gasteiger partial charge in [-0.05, 0) is 56.7 Å². The molecular weight excluding hydrogens is 265 g/mol. The molecule has 1 aromatic carbocycles. The summed E-state index contributed by atoms with van der Waals surface area (Å²) in [6, 6.07) is 5.18. The number of benzene rings is 1. The second kappa shape index (κ2) is 7.79. The van der Waals surface area contributed by atoms with Crippen molar-refractivity contribution in [1.29, 1.82) is 0 Å². The number of hydrogen-bond acceptors (Lipinski definition) is 2. The standard InChI is InChI=1S/C18H28FNO/c1-4-10-20-16-9-7-14(5-2)11-18(16)21-17-12-15(19)8-6-13(17)3/h6,8,12,14,16,18,20H,4-5,7,9-11H2,1-3H3. The average Bonchev–Trinajstić information content (AvgIpc) is 2.49. The molecular formula is C18H28FNO. The highest BCUT2D eigenvalue weighted by atomic mass is 19.1. The van der Waals surface area contributed by atoms with E-state index in [1.165, 1.54) is 25.0 Å². The number of ether oxygens (including phenoxy) is 1. The summed E-state index contributed by atoms with van der Waals surface area (Å²) < 4.78 is 19.7. The highest BCUT2D eigenvalue weighted by Crippen LogP contribution is 2.31. The third-order valence-electron chi connectivity index (χ3n) is 4.56. The predicted molar refractivity (Wildman–Crippen MR) is 85.3 cm³/mol. The van der Waals surface area contributed by atoms with E-state index in [0.717, 1.165) is 37.3 Å². The first kappa shape index (κ1) is 16.3. The van der Waals surface area contributed by atoms with E-state index in [1.807, 2.05) is 6.92 Å². The summed E-state index contributed by atoms with van der Waals surface area (Å²) in [7, 11) is 0. The molecule has 118 valence electrons. The Morgan fingerprint density at radius 1 is 1.29 bits per heavy atom. The molecule has 0 radical (unpaired) electrons. The van der Waals surface area contributed by atoms with E-state index < -0.39 is 0 Å². The first-order chi connectivity index (χ1) is 10.1. The lowest BCUT2D eigenvalue weighted by molar-refractivity contribution is 0.0840. The maximum absolute atomic E-state index is 13.4. The molecule has 3 heteroatoms. The van der Waals surface area contributed by atoms with Gasteiger partial charge in [0.25, 0.3) is 0 Å². The highest BCUT2D eigenvalue weighted by Gasteiger charge is 2.31. The second-order valence-electron chi connectivity index (χ2n) is 6.21. The van der Waals surface area contributed by atoms with Crippen LogP contribution in [0.2, 0.25) is 0 Å². The van der Waals surface area contributed by atoms with Crippen LogP contribution in [0, 0.1) is 18.7 Å². The normalized spacial score (nSPS) is 25.8. The summed E-state index contributed by atoms with van der Waals surface area (Å²) >= 11 is 0. The van der Waals surface area contributed by atoms with Crippen LogP contribution in [0.3, 0.4) is 0 Å². The molecule has 0 amide bonds. The minimum absolute atomic E-state index is 0.149. The molecule has 1 aromatic rings. The van der Waals surface area contributed by atoms with Crippen molar-refractivity contribution in [2.75, 3.05) is 6.54 Å². The molecule has 0 bridgehead atoms. The minimum Gasteiger partial charge on any atom is -0.488 e. The molecule has 1 N–H and O–H groups in total. The smallest absolute Gasteiger partial charge is 0.126 e. The first-order valence-electron chi connectivity index (χ1n) is 8.30. The number of halogens is 1. The lowest BCUT2D eigenvalue weighted by atomic mass is 9.82. The van der Waals surface area contributed by atoms with Crippen molar-refractivity contribution < 1.29 is 9.13 Å². The third-order valence-corrected chi connectivity index (χ3v) is 4.56. The van der Waals surface area contributed by atoms with Crippen molar-refractivity contribution in [2.24, 2.45) is 5.92 Å². The maximum atomic E-state index is 13.4. The molecule has 0 aromatic heterocycles. The van der Waals surface area contributed by atoms with E-state index >= 15 is 0 Å². The maximum Gasteiger partial charge on any atom is 0.126 e. The molecule has 21 heavy (non-hydrogen) atoms. The number of aryl methyl sites for hydroxylation is 1.